The van der Waals surface area contributed by atoms with E-state index in [0.717, 1.165) is 10.8 Å². The quantitative estimate of drug-likeness (QED) is 0.720. The summed E-state index contributed by atoms with van der Waals surface area (Å²) in [4.78, 5) is 35.6. The summed E-state index contributed by atoms with van der Waals surface area (Å²) in [5, 5.41) is 18.0. The van der Waals surface area contributed by atoms with E-state index in [9.17, 15) is 14.4 Å². The second kappa shape index (κ2) is 4.81. The molecule has 1 heterocycles. The number of aromatic amines is 1. The molecule has 19 heavy (non-hydrogen) atoms. The van der Waals surface area contributed by atoms with Gasteiger partial charge in [-0.05, 0) is 17.7 Å². The fourth-order valence-corrected chi connectivity index (χ4v) is 1.58. The van der Waals surface area contributed by atoms with Crippen molar-refractivity contribution >= 4 is 5.97 Å². The maximum Gasteiger partial charge on any atom is 0.342 e. The van der Waals surface area contributed by atoms with Crippen LogP contribution in [0, 0.1) is 0 Å². The van der Waals surface area contributed by atoms with Crippen LogP contribution in [0.2, 0.25) is 0 Å². The van der Waals surface area contributed by atoms with Crippen molar-refractivity contribution in [1.82, 2.24) is 9.55 Å². The zero-order chi connectivity index (χ0) is 14.0. The summed E-state index contributed by atoms with van der Waals surface area (Å²) in [6, 6.07) is 6.08. The highest BCUT2D eigenvalue weighted by Crippen LogP contribution is 2.10. The number of carboxylic acid groups (broad SMARTS) is 1. The van der Waals surface area contributed by atoms with Crippen LogP contribution in [-0.2, 0) is 6.54 Å². The number of phenols is 1. The van der Waals surface area contributed by atoms with E-state index in [0.29, 0.717) is 5.56 Å². The first-order chi connectivity index (χ1) is 8.97. The van der Waals surface area contributed by atoms with Crippen molar-refractivity contribution in [3.05, 3.63) is 62.4 Å². The molecule has 0 aliphatic carbocycles. The van der Waals surface area contributed by atoms with Crippen LogP contribution in [0.15, 0.2) is 40.1 Å². The minimum Gasteiger partial charge on any atom is -0.508 e. The Kier molecular flexibility index (Phi) is 3.19. The number of carboxylic acids is 1. The number of aromatic nitrogens is 2. The van der Waals surface area contributed by atoms with Crippen molar-refractivity contribution in [1.29, 1.82) is 0 Å². The Morgan fingerprint density at radius 3 is 2.42 bits per heavy atom. The number of nitrogens with zero attached hydrogens (tertiary/aromatic N) is 1. The van der Waals surface area contributed by atoms with Crippen LogP contribution in [0.1, 0.15) is 15.9 Å². The molecule has 0 bridgehead atoms. The predicted molar refractivity (Wildman–Crippen MR) is 65.5 cm³/mol. The minimum absolute atomic E-state index is 0.0868. The van der Waals surface area contributed by atoms with Crippen LogP contribution in [0.5, 0.6) is 5.75 Å². The van der Waals surface area contributed by atoms with Crippen molar-refractivity contribution in [3.63, 3.8) is 0 Å². The Morgan fingerprint density at radius 1 is 1.21 bits per heavy atom. The number of aromatic hydroxyl groups is 1. The van der Waals surface area contributed by atoms with Crippen molar-refractivity contribution in [2.45, 2.75) is 6.54 Å². The van der Waals surface area contributed by atoms with Gasteiger partial charge in [0.05, 0.1) is 6.54 Å². The smallest absolute Gasteiger partial charge is 0.342 e. The van der Waals surface area contributed by atoms with Gasteiger partial charge in [-0.1, -0.05) is 12.1 Å². The molecule has 0 spiro atoms. The molecular formula is C12H10N2O5. The van der Waals surface area contributed by atoms with Gasteiger partial charge in [0.25, 0.3) is 5.56 Å². The highest BCUT2D eigenvalue weighted by molar-refractivity contribution is 5.86. The van der Waals surface area contributed by atoms with Crippen molar-refractivity contribution < 1.29 is 15.0 Å². The molecule has 3 N–H and O–H groups in total. The number of carbonyl (C=O) groups is 1. The Morgan fingerprint density at radius 2 is 1.84 bits per heavy atom. The molecule has 0 unspecified atom stereocenters. The number of nitrogens with one attached hydrogen (secondary N) is 1. The van der Waals surface area contributed by atoms with Gasteiger partial charge in [0.1, 0.15) is 11.3 Å². The van der Waals surface area contributed by atoms with Gasteiger partial charge in [-0.2, -0.15) is 0 Å². The standard InChI is InChI=1S/C12H10N2O5/c15-8-3-1-7(2-4-8)5-14-6-9(11(17)18)10(16)13-12(14)19/h1-4,6,15H,5H2,(H,17,18)(H,13,16,19). The fourth-order valence-electron chi connectivity index (χ4n) is 1.58. The molecule has 7 nitrogen and oxygen atoms in total. The van der Waals surface area contributed by atoms with Gasteiger partial charge in [-0.25, -0.2) is 9.59 Å². The molecular weight excluding hydrogens is 252 g/mol. The van der Waals surface area contributed by atoms with Crippen LogP contribution < -0.4 is 11.2 Å². The summed E-state index contributed by atoms with van der Waals surface area (Å²) < 4.78 is 1.08. The van der Waals surface area contributed by atoms with E-state index in [1.54, 1.807) is 12.1 Å². The largest absolute Gasteiger partial charge is 0.508 e. The summed E-state index contributed by atoms with van der Waals surface area (Å²) in [5.41, 5.74) is -1.44. The van der Waals surface area contributed by atoms with E-state index in [1.165, 1.54) is 12.1 Å². The van der Waals surface area contributed by atoms with Gasteiger partial charge in [0.15, 0.2) is 0 Å². The van der Waals surface area contributed by atoms with E-state index in [4.69, 9.17) is 10.2 Å². The Balaban J connectivity index is 2.43. The monoisotopic (exact) mass is 262 g/mol. The summed E-state index contributed by atoms with van der Waals surface area (Å²) in [5.74, 6) is -1.32. The van der Waals surface area contributed by atoms with Crippen LogP contribution in [-0.4, -0.2) is 25.7 Å². The number of hydrogen-bond donors (Lipinski definition) is 3. The Labute approximate surface area is 106 Å². The van der Waals surface area contributed by atoms with Crippen molar-refractivity contribution in [3.8, 4) is 5.75 Å². The molecule has 0 saturated carbocycles. The second-order valence-corrected chi connectivity index (χ2v) is 3.90. The lowest BCUT2D eigenvalue weighted by Gasteiger charge is -2.06. The van der Waals surface area contributed by atoms with Gasteiger partial charge in [0, 0.05) is 6.20 Å². The molecule has 0 amide bonds. The molecule has 0 radical (unpaired) electrons. The number of H-pyrrole nitrogens is 1. The van der Waals surface area contributed by atoms with Gasteiger partial charge in [0.2, 0.25) is 0 Å². The van der Waals surface area contributed by atoms with Crippen LogP contribution in [0.4, 0.5) is 0 Å². The SMILES string of the molecule is O=C(O)c1cn(Cc2ccc(O)cc2)c(=O)[nH]c1=O. The number of benzene rings is 1. The van der Waals surface area contributed by atoms with Crippen LogP contribution >= 0.6 is 0 Å². The van der Waals surface area contributed by atoms with E-state index in [1.807, 2.05) is 4.98 Å². The lowest BCUT2D eigenvalue weighted by atomic mass is 10.2. The average molecular weight is 262 g/mol. The number of hydrogen-bond acceptors (Lipinski definition) is 4. The van der Waals surface area contributed by atoms with Gasteiger partial charge in [-0.15, -0.1) is 0 Å². The maximum absolute atomic E-state index is 11.6. The van der Waals surface area contributed by atoms with Gasteiger partial charge < -0.3 is 10.2 Å². The fraction of sp³-hybridized carbons (Fsp3) is 0.0833. The van der Waals surface area contributed by atoms with Crippen molar-refractivity contribution in [2.24, 2.45) is 0 Å². The molecule has 1 aromatic heterocycles. The summed E-state index contributed by atoms with van der Waals surface area (Å²) in [6.07, 6.45) is 0.996. The van der Waals surface area contributed by atoms with Crippen LogP contribution in [0.25, 0.3) is 0 Å². The van der Waals surface area contributed by atoms with Crippen LogP contribution in [0.3, 0.4) is 0 Å². The van der Waals surface area contributed by atoms with Gasteiger partial charge in [-0.3, -0.25) is 14.3 Å². The minimum atomic E-state index is -1.40. The molecule has 2 aromatic rings. The third-order valence-corrected chi connectivity index (χ3v) is 2.53. The zero-order valence-electron chi connectivity index (χ0n) is 9.66. The average Bonchev–Trinajstić information content (AvgIpc) is 2.34. The number of aromatic carboxylic acids is 1. The normalized spacial score (nSPS) is 10.3. The highest BCUT2D eigenvalue weighted by Gasteiger charge is 2.11. The predicted octanol–water partition coefficient (Wildman–Crippen LogP) is -0.0113. The number of rotatable bonds is 3. The third kappa shape index (κ3) is 2.71. The zero-order valence-corrected chi connectivity index (χ0v) is 9.66. The maximum atomic E-state index is 11.6. The Bertz CT molecular complexity index is 727. The summed E-state index contributed by atoms with van der Waals surface area (Å²) in [7, 11) is 0. The molecule has 7 heteroatoms. The first kappa shape index (κ1) is 12.6. The van der Waals surface area contributed by atoms with Crippen molar-refractivity contribution in [2.75, 3.05) is 0 Å². The van der Waals surface area contributed by atoms with E-state index < -0.39 is 22.8 Å². The summed E-state index contributed by atoms with van der Waals surface area (Å²) in [6.45, 7) is 0.0934. The second-order valence-electron chi connectivity index (χ2n) is 3.90. The molecule has 98 valence electrons. The molecule has 1 aromatic carbocycles. The van der Waals surface area contributed by atoms with E-state index in [2.05, 4.69) is 0 Å². The lowest BCUT2D eigenvalue weighted by Crippen LogP contribution is -2.33. The highest BCUT2D eigenvalue weighted by atomic mass is 16.4. The Hall–Kier alpha value is -2.83. The first-order valence-corrected chi connectivity index (χ1v) is 5.32. The number of phenolic OH excluding ortho intramolecular Hbond substituents is 1. The molecule has 0 aliphatic rings. The molecule has 0 atom stereocenters. The lowest BCUT2D eigenvalue weighted by molar-refractivity contribution is 0.0693. The first-order valence-electron chi connectivity index (χ1n) is 5.32. The third-order valence-electron chi connectivity index (χ3n) is 2.53. The van der Waals surface area contributed by atoms with E-state index in [-0.39, 0.29) is 12.3 Å². The molecule has 0 aliphatic heterocycles. The molecule has 2 rings (SSSR count). The molecule has 0 fully saturated rings. The summed E-state index contributed by atoms with van der Waals surface area (Å²) >= 11 is 0. The van der Waals surface area contributed by atoms with Gasteiger partial charge >= 0.3 is 11.7 Å². The van der Waals surface area contributed by atoms with E-state index >= 15 is 0 Å². The topological polar surface area (TPSA) is 112 Å². The molecule has 0 saturated heterocycles.